The molecule has 2 N–H and O–H groups in total. The monoisotopic (exact) mass is 249 g/mol. The summed E-state index contributed by atoms with van der Waals surface area (Å²) < 4.78 is 0. The van der Waals surface area contributed by atoms with Crippen molar-refractivity contribution >= 4 is 11.7 Å². The van der Waals surface area contributed by atoms with Crippen LogP contribution in [0.1, 0.15) is 50.9 Å². The number of hydrogen-bond donors (Lipinski definition) is 2. The first kappa shape index (κ1) is 14.5. The van der Waals surface area contributed by atoms with E-state index in [1.807, 2.05) is 13.0 Å². The summed E-state index contributed by atoms with van der Waals surface area (Å²) >= 11 is 0. The maximum absolute atomic E-state index is 12.1. The van der Waals surface area contributed by atoms with Gasteiger partial charge in [0.1, 0.15) is 5.82 Å². The minimum Gasteiger partial charge on any atom is -0.370 e. The number of nitrogens with one attached hydrogen (secondary N) is 2. The Balaban J connectivity index is 2.72. The second kappa shape index (κ2) is 6.38. The van der Waals surface area contributed by atoms with E-state index in [4.69, 9.17) is 0 Å². The molecule has 0 fully saturated rings. The fourth-order valence-electron chi connectivity index (χ4n) is 1.59. The Hall–Kier alpha value is -1.58. The number of carbonyl (C=O) groups is 1. The zero-order valence-corrected chi connectivity index (χ0v) is 11.7. The van der Waals surface area contributed by atoms with Crippen molar-refractivity contribution in [3.8, 4) is 0 Å². The van der Waals surface area contributed by atoms with E-state index in [9.17, 15) is 4.79 Å². The maximum Gasteiger partial charge on any atom is 0.253 e. The van der Waals surface area contributed by atoms with Crippen LogP contribution in [0.4, 0.5) is 5.82 Å². The topological polar surface area (TPSA) is 54.0 Å². The molecule has 0 spiro atoms. The third kappa shape index (κ3) is 3.72. The number of pyridine rings is 1. The van der Waals surface area contributed by atoms with Crippen LogP contribution in [0.25, 0.3) is 0 Å². The van der Waals surface area contributed by atoms with Gasteiger partial charge in [-0.15, -0.1) is 0 Å². The van der Waals surface area contributed by atoms with Crippen LogP contribution in [0, 0.1) is 0 Å². The molecule has 18 heavy (non-hydrogen) atoms. The van der Waals surface area contributed by atoms with Crippen LogP contribution in [0.5, 0.6) is 0 Å². The summed E-state index contributed by atoms with van der Waals surface area (Å²) in [5, 5.41) is 6.16. The van der Waals surface area contributed by atoms with Crippen molar-refractivity contribution in [3.05, 3.63) is 23.9 Å². The summed E-state index contributed by atoms with van der Waals surface area (Å²) in [6.07, 6.45) is 3.44. The highest BCUT2D eigenvalue weighted by molar-refractivity contribution is 5.94. The molecule has 4 nitrogen and oxygen atoms in total. The van der Waals surface area contributed by atoms with Crippen LogP contribution in [0.2, 0.25) is 0 Å². The van der Waals surface area contributed by atoms with Crippen molar-refractivity contribution in [1.82, 2.24) is 10.3 Å². The van der Waals surface area contributed by atoms with Crippen molar-refractivity contribution in [3.63, 3.8) is 0 Å². The molecule has 0 bridgehead atoms. The Bertz CT molecular complexity index is 383. The van der Waals surface area contributed by atoms with Crippen LogP contribution >= 0.6 is 0 Å². The second-order valence-corrected chi connectivity index (χ2v) is 4.68. The van der Waals surface area contributed by atoms with Crippen LogP contribution in [-0.2, 0) is 0 Å². The number of rotatable bonds is 6. The van der Waals surface area contributed by atoms with E-state index in [2.05, 4.69) is 36.4 Å². The molecule has 0 radical (unpaired) electrons. The van der Waals surface area contributed by atoms with Gasteiger partial charge in [-0.1, -0.05) is 13.8 Å². The molecule has 0 aromatic carbocycles. The van der Waals surface area contributed by atoms with Gasteiger partial charge in [0.15, 0.2) is 0 Å². The van der Waals surface area contributed by atoms with Crippen molar-refractivity contribution < 1.29 is 4.79 Å². The van der Waals surface area contributed by atoms with Crippen LogP contribution in [0.3, 0.4) is 0 Å². The molecule has 1 aromatic heterocycles. The van der Waals surface area contributed by atoms with E-state index < -0.39 is 0 Å². The second-order valence-electron chi connectivity index (χ2n) is 4.68. The molecule has 0 aliphatic rings. The predicted octanol–water partition coefficient (Wildman–Crippen LogP) is 2.82. The fourth-order valence-corrected chi connectivity index (χ4v) is 1.59. The molecule has 1 heterocycles. The Morgan fingerprint density at radius 3 is 2.39 bits per heavy atom. The van der Waals surface area contributed by atoms with Gasteiger partial charge in [-0.3, -0.25) is 4.79 Å². The third-order valence-electron chi connectivity index (χ3n) is 3.36. The van der Waals surface area contributed by atoms with E-state index in [0.717, 1.165) is 25.2 Å². The smallest absolute Gasteiger partial charge is 0.253 e. The molecule has 4 heteroatoms. The average Bonchev–Trinajstić information content (AvgIpc) is 2.39. The molecule has 100 valence electrons. The minimum absolute atomic E-state index is 0.0586. The van der Waals surface area contributed by atoms with Crippen molar-refractivity contribution in [2.45, 2.75) is 46.1 Å². The summed E-state index contributed by atoms with van der Waals surface area (Å²) in [6, 6.07) is 3.62. The van der Waals surface area contributed by atoms with E-state index in [-0.39, 0.29) is 11.4 Å². The highest BCUT2D eigenvalue weighted by Crippen LogP contribution is 2.15. The third-order valence-corrected chi connectivity index (χ3v) is 3.36. The number of carbonyl (C=O) groups excluding carboxylic acids is 1. The summed E-state index contributed by atoms with van der Waals surface area (Å²) in [6.45, 7) is 9.05. The van der Waals surface area contributed by atoms with Gasteiger partial charge >= 0.3 is 0 Å². The Morgan fingerprint density at radius 2 is 1.94 bits per heavy atom. The fraction of sp³-hybridized carbons (Fsp3) is 0.571. The highest BCUT2D eigenvalue weighted by atomic mass is 16.1. The van der Waals surface area contributed by atoms with Gasteiger partial charge in [0.05, 0.1) is 5.56 Å². The molecule has 1 amide bonds. The van der Waals surface area contributed by atoms with E-state index in [0.29, 0.717) is 5.56 Å². The Labute approximate surface area is 109 Å². The number of aromatic nitrogens is 1. The lowest BCUT2D eigenvalue weighted by molar-refractivity contribution is 0.0900. The number of anilines is 1. The van der Waals surface area contributed by atoms with E-state index in [1.54, 1.807) is 12.3 Å². The maximum atomic E-state index is 12.1. The molecule has 0 saturated heterocycles. The van der Waals surface area contributed by atoms with Gasteiger partial charge in [-0.25, -0.2) is 4.98 Å². The first-order valence-electron chi connectivity index (χ1n) is 6.57. The van der Waals surface area contributed by atoms with Gasteiger partial charge in [0, 0.05) is 18.3 Å². The van der Waals surface area contributed by atoms with Crippen LogP contribution in [-0.4, -0.2) is 23.0 Å². The van der Waals surface area contributed by atoms with Gasteiger partial charge in [0.2, 0.25) is 0 Å². The summed E-state index contributed by atoms with van der Waals surface area (Å²) in [4.78, 5) is 16.3. The molecule has 0 aliphatic heterocycles. The molecule has 1 aromatic rings. The molecule has 0 atom stereocenters. The number of hydrogen-bond acceptors (Lipinski definition) is 3. The largest absolute Gasteiger partial charge is 0.370 e. The predicted molar refractivity (Wildman–Crippen MR) is 74.9 cm³/mol. The lowest BCUT2D eigenvalue weighted by Gasteiger charge is -2.28. The van der Waals surface area contributed by atoms with Gasteiger partial charge < -0.3 is 10.6 Å². The Morgan fingerprint density at radius 1 is 1.28 bits per heavy atom. The normalized spacial score (nSPS) is 11.1. The first-order valence-corrected chi connectivity index (χ1v) is 6.57. The van der Waals surface area contributed by atoms with Crippen LogP contribution in [0.15, 0.2) is 18.3 Å². The standard InChI is InChI=1S/C14H23N3O/c1-5-14(4,6-2)17-13(18)11-8-9-12(15-7-3)16-10-11/h8-10H,5-7H2,1-4H3,(H,15,16)(H,17,18). The number of amides is 1. The zero-order chi connectivity index (χ0) is 13.6. The summed E-state index contributed by atoms with van der Waals surface area (Å²) in [5.74, 6) is 0.736. The first-order chi connectivity index (χ1) is 8.54. The van der Waals surface area contributed by atoms with Gasteiger partial charge in [0.25, 0.3) is 5.91 Å². The SMILES string of the molecule is CCNc1ccc(C(=O)NC(C)(CC)CC)cn1. The summed E-state index contributed by atoms with van der Waals surface area (Å²) in [7, 11) is 0. The van der Waals surface area contributed by atoms with Crippen LogP contribution < -0.4 is 10.6 Å². The lowest BCUT2D eigenvalue weighted by atomic mass is 9.95. The molecule has 0 unspecified atom stereocenters. The highest BCUT2D eigenvalue weighted by Gasteiger charge is 2.22. The van der Waals surface area contributed by atoms with E-state index >= 15 is 0 Å². The average molecular weight is 249 g/mol. The van der Waals surface area contributed by atoms with Crippen molar-refractivity contribution in [2.75, 3.05) is 11.9 Å². The Kier molecular flexibility index (Phi) is 5.13. The molecule has 0 aliphatic carbocycles. The molecular formula is C14H23N3O. The molecule has 1 rings (SSSR count). The summed E-state index contributed by atoms with van der Waals surface area (Å²) in [5.41, 5.74) is 0.460. The van der Waals surface area contributed by atoms with E-state index in [1.165, 1.54) is 0 Å². The van der Waals surface area contributed by atoms with Crippen molar-refractivity contribution in [2.24, 2.45) is 0 Å². The lowest BCUT2D eigenvalue weighted by Crippen LogP contribution is -2.44. The molecule has 0 saturated carbocycles. The van der Waals surface area contributed by atoms with Gasteiger partial charge in [-0.2, -0.15) is 0 Å². The van der Waals surface area contributed by atoms with Crippen molar-refractivity contribution in [1.29, 1.82) is 0 Å². The van der Waals surface area contributed by atoms with Gasteiger partial charge in [-0.05, 0) is 38.8 Å². The quantitative estimate of drug-likeness (QED) is 0.815. The minimum atomic E-state index is -0.141. The molecular weight excluding hydrogens is 226 g/mol. The zero-order valence-electron chi connectivity index (χ0n) is 11.7. The number of nitrogens with zero attached hydrogens (tertiary/aromatic N) is 1.